The molecule has 0 atom stereocenters. The smallest absolute Gasteiger partial charge is 0.0600 e. The molecule has 1 N–H and O–H groups in total. The summed E-state index contributed by atoms with van der Waals surface area (Å²) in [5.74, 6) is 2.46. The molecule has 8 heavy (non-hydrogen) atoms. The normalized spacial score (nSPS) is 10.8. The van der Waals surface area contributed by atoms with E-state index in [4.69, 9.17) is 11.5 Å². The van der Waals surface area contributed by atoms with Gasteiger partial charge in [0.05, 0.1) is 5.60 Å². The van der Waals surface area contributed by atoms with E-state index in [0.717, 1.165) is 0 Å². The summed E-state index contributed by atoms with van der Waals surface area (Å²) < 4.78 is 0. The highest BCUT2D eigenvalue weighted by atomic mass is 16.3. The first-order valence-corrected chi connectivity index (χ1v) is 2.72. The van der Waals surface area contributed by atoms with Crippen molar-refractivity contribution >= 4 is 0 Å². The van der Waals surface area contributed by atoms with Gasteiger partial charge in [0.15, 0.2) is 0 Å². The van der Waals surface area contributed by atoms with Crippen LogP contribution < -0.4 is 0 Å². The molecule has 0 rings (SSSR count). The first-order chi connectivity index (χ1) is 3.56. The molecule has 0 aromatic carbocycles. The Bertz CT molecular complexity index is 91.9. The maximum absolute atomic E-state index is 9.05. The standard InChI is InChI=1S/C7H12O/c1-4-5-6-7(2,3)8/h1,8H,5-6H2,2-3H3. The van der Waals surface area contributed by atoms with Gasteiger partial charge in [0.1, 0.15) is 0 Å². The van der Waals surface area contributed by atoms with Gasteiger partial charge in [-0.15, -0.1) is 12.3 Å². The summed E-state index contributed by atoms with van der Waals surface area (Å²) in [6.07, 6.45) is 6.31. The van der Waals surface area contributed by atoms with Crippen molar-refractivity contribution in [3.63, 3.8) is 0 Å². The second-order valence-electron chi connectivity index (χ2n) is 2.52. The molecule has 0 saturated carbocycles. The summed E-state index contributed by atoms with van der Waals surface area (Å²) in [5.41, 5.74) is -0.591. The van der Waals surface area contributed by atoms with Crippen LogP contribution in [0.3, 0.4) is 0 Å². The fraction of sp³-hybridized carbons (Fsp3) is 0.714. The molecule has 0 aliphatic rings. The zero-order valence-corrected chi connectivity index (χ0v) is 5.44. The zero-order valence-electron chi connectivity index (χ0n) is 5.44. The van der Waals surface area contributed by atoms with Crippen molar-refractivity contribution in [1.82, 2.24) is 0 Å². The van der Waals surface area contributed by atoms with E-state index in [0.29, 0.717) is 12.8 Å². The Hall–Kier alpha value is -0.480. The lowest BCUT2D eigenvalue weighted by Gasteiger charge is -2.13. The molecule has 0 heterocycles. The molecular formula is C7H12O. The van der Waals surface area contributed by atoms with Crippen LogP contribution in [0, 0.1) is 12.3 Å². The van der Waals surface area contributed by atoms with E-state index in [-0.39, 0.29) is 0 Å². The molecule has 0 amide bonds. The lowest BCUT2D eigenvalue weighted by Crippen LogP contribution is -2.17. The number of rotatable bonds is 2. The molecule has 1 nitrogen and oxygen atoms in total. The van der Waals surface area contributed by atoms with Crippen LogP contribution in [-0.2, 0) is 0 Å². The topological polar surface area (TPSA) is 20.2 Å². The van der Waals surface area contributed by atoms with Crippen molar-refractivity contribution in [3.05, 3.63) is 0 Å². The molecule has 0 bridgehead atoms. The summed E-state index contributed by atoms with van der Waals surface area (Å²) in [4.78, 5) is 0. The third-order valence-corrected chi connectivity index (χ3v) is 0.881. The third kappa shape index (κ3) is 5.52. The van der Waals surface area contributed by atoms with Crippen LogP contribution in [0.25, 0.3) is 0 Å². The quantitative estimate of drug-likeness (QED) is 0.532. The van der Waals surface area contributed by atoms with Gasteiger partial charge in [-0.25, -0.2) is 0 Å². The number of hydrogen-bond acceptors (Lipinski definition) is 1. The zero-order chi connectivity index (χ0) is 6.62. The average molecular weight is 112 g/mol. The summed E-state index contributed by atoms with van der Waals surface area (Å²) in [6, 6.07) is 0. The van der Waals surface area contributed by atoms with E-state index in [1.165, 1.54) is 0 Å². The van der Waals surface area contributed by atoms with Crippen LogP contribution in [0.15, 0.2) is 0 Å². The fourth-order valence-electron chi connectivity index (χ4n) is 0.378. The van der Waals surface area contributed by atoms with Crippen LogP contribution in [0.5, 0.6) is 0 Å². The Labute approximate surface area is 50.7 Å². The minimum absolute atomic E-state index is 0.591. The highest BCUT2D eigenvalue weighted by molar-refractivity contribution is 4.85. The molecule has 0 aromatic rings. The van der Waals surface area contributed by atoms with E-state index in [9.17, 15) is 0 Å². The molecule has 0 saturated heterocycles. The van der Waals surface area contributed by atoms with E-state index < -0.39 is 5.60 Å². The molecule has 0 aliphatic carbocycles. The van der Waals surface area contributed by atoms with Gasteiger partial charge < -0.3 is 5.11 Å². The number of terminal acetylenes is 1. The fourth-order valence-corrected chi connectivity index (χ4v) is 0.378. The monoisotopic (exact) mass is 112 g/mol. The third-order valence-electron chi connectivity index (χ3n) is 0.881. The Morgan fingerprint density at radius 3 is 2.25 bits per heavy atom. The van der Waals surface area contributed by atoms with E-state index >= 15 is 0 Å². The van der Waals surface area contributed by atoms with E-state index in [1.807, 2.05) is 0 Å². The second kappa shape index (κ2) is 2.74. The summed E-state index contributed by atoms with van der Waals surface area (Å²) in [7, 11) is 0. The van der Waals surface area contributed by atoms with E-state index in [1.54, 1.807) is 13.8 Å². The predicted molar refractivity (Wildman–Crippen MR) is 34.4 cm³/mol. The van der Waals surface area contributed by atoms with Gasteiger partial charge in [-0.2, -0.15) is 0 Å². The highest BCUT2D eigenvalue weighted by Gasteiger charge is 2.09. The lowest BCUT2D eigenvalue weighted by molar-refractivity contribution is 0.0727. The van der Waals surface area contributed by atoms with Crippen molar-refractivity contribution in [2.24, 2.45) is 0 Å². The van der Waals surface area contributed by atoms with Gasteiger partial charge in [-0.05, 0) is 20.3 Å². The lowest BCUT2D eigenvalue weighted by atomic mass is 10.0. The highest BCUT2D eigenvalue weighted by Crippen LogP contribution is 2.08. The Balaban J connectivity index is 3.28. The minimum atomic E-state index is -0.591. The van der Waals surface area contributed by atoms with Gasteiger partial charge in [0.25, 0.3) is 0 Å². The van der Waals surface area contributed by atoms with Crippen LogP contribution in [0.2, 0.25) is 0 Å². The average Bonchev–Trinajstić information content (AvgIpc) is 1.59. The maximum Gasteiger partial charge on any atom is 0.0600 e. The van der Waals surface area contributed by atoms with Crippen molar-refractivity contribution in [1.29, 1.82) is 0 Å². The SMILES string of the molecule is C#CCCC(C)(C)O. The molecule has 0 aliphatic heterocycles. The molecule has 1 heteroatoms. The van der Waals surface area contributed by atoms with Crippen LogP contribution in [0.4, 0.5) is 0 Å². The second-order valence-corrected chi connectivity index (χ2v) is 2.52. The van der Waals surface area contributed by atoms with Crippen LogP contribution in [0.1, 0.15) is 26.7 Å². The van der Waals surface area contributed by atoms with Gasteiger partial charge >= 0.3 is 0 Å². The van der Waals surface area contributed by atoms with Crippen LogP contribution in [-0.4, -0.2) is 10.7 Å². The molecule has 46 valence electrons. The van der Waals surface area contributed by atoms with Gasteiger partial charge in [-0.1, -0.05) is 0 Å². The number of hydrogen-bond donors (Lipinski definition) is 1. The van der Waals surface area contributed by atoms with Gasteiger partial charge in [0.2, 0.25) is 0 Å². The summed E-state index contributed by atoms with van der Waals surface area (Å²) in [6.45, 7) is 3.51. The van der Waals surface area contributed by atoms with Gasteiger partial charge in [-0.3, -0.25) is 0 Å². The molecule has 0 radical (unpaired) electrons. The Morgan fingerprint density at radius 1 is 1.62 bits per heavy atom. The van der Waals surface area contributed by atoms with Crippen molar-refractivity contribution in [2.45, 2.75) is 32.3 Å². The van der Waals surface area contributed by atoms with Crippen molar-refractivity contribution < 1.29 is 5.11 Å². The predicted octanol–water partition coefficient (Wildman–Crippen LogP) is 1.17. The molecular weight excluding hydrogens is 100 g/mol. The van der Waals surface area contributed by atoms with Gasteiger partial charge in [0, 0.05) is 6.42 Å². The molecule has 0 spiro atoms. The first kappa shape index (κ1) is 7.52. The van der Waals surface area contributed by atoms with E-state index in [2.05, 4.69) is 5.92 Å². The Kier molecular flexibility index (Phi) is 2.57. The van der Waals surface area contributed by atoms with Crippen molar-refractivity contribution in [3.8, 4) is 12.3 Å². The minimum Gasteiger partial charge on any atom is -0.390 e. The number of aliphatic hydroxyl groups is 1. The molecule has 0 fully saturated rings. The largest absolute Gasteiger partial charge is 0.390 e. The van der Waals surface area contributed by atoms with Crippen molar-refractivity contribution in [2.75, 3.05) is 0 Å². The molecule has 0 unspecified atom stereocenters. The van der Waals surface area contributed by atoms with Crippen LogP contribution >= 0.6 is 0 Å². The summed E-state index contributed by atoms with van der Waals surface area (Å²) in [5, 5.41) is 9.05. The summed E-state index contributed by atoms with van der Waals surface area (Å²) >= 11 is 0. The first-order valence-electron chi connectivity index (χ1n) is 2.72. The maximum atomic E-state index is 9.05. The molecule has 0 aromatic heterocycles. The Morgan fingerprint density at radius 2 is 2.12 bits per heavy atom.